The molecule has 0 aliphatic rings. The molecule has 1 aromatic heterocycles. The molecule has 3 rings (SSSR count). The van der Waals surface area contributed by atoms with Gasteiger partial charge in [0.15, 0.2) is 5.16 Å². The van der Waals surface area contributed by atoms with E-state index < -0.39 is 0 Å². The van der Waals surface area contributed by atoms with Crippen LogP contribution in [0.4, 0.5) is 5.69 Å². The van der Waals surface area contributed by atoms with Crippen LogP contribution < -0.4 is 10.1 Å². The minimum atomic E-state index is -0.0624. The number of anilines is 1. The Morgan fingerprint density at radius 1 is 1.12 bits per heavy atom. The number of nitrogens with zero attached hydrogens (tertiary/aromatic N) is 3. The maximum absolute atomic E-state index is 12.5. The first-order chi connectivity index (χ1) is 16.6. The summed E-state index contributed by atoms with van der Waals surface area (Å²) in [6.07, 6.45) is 6.80. The first-order valence-corrected chi connectivity index (χ1v) is 12.8. The van der Waals surface area contributed by atoms with E-state index in [0.29, 0.717) is 13.2 Å². The van der Waals surface area contributed by atoms with Crippen molar-refractivity contribution in [2.24, 2.45) is 0 Å². The lowest BCUT2D eigenvalue weighted by Gasteiger charge is -2.10. The molecular formula is C27H34N4O2S. The number of para-hydroxylation sites is 1. The van der Waals surface area contributed by atoms with E-state index >= 15 is 0 Å². The lowest BCUT2D eigenvalue weighted by atomic mass is 10.1. The molecule has 1 heterocycles. The number of hydrogen-bond donors (Lipinski definition) is 1. The Bertz CT molecular complexity index is 1060. The fraction of sp³-hybridized carbons (Fsp3) is 0.370. The van der Waals surface area contributed by atoms with Crippen LogP contribution in [0, 0.1) is 6.92 Å². The quantitative estimate of drug-likeness (QED) is 0.179. The summed E-state index contributed by atoms with van der Waals surface area (Å²) in [4.78, 5) is 12.5. The largest absolute Gasteiger partial charge is 0.493 e. The summed E-state index contributed by atoms with van der Waals surface area (Å²) < 4.78 is 7.91. The number of carbonyl (C=O) groups excluding carboxylic acids is 1. The highest BCUT2D eigenvalue weighted by atomic mass is 32.2. The highest BCUT2D eigenvalue weighted by Gasteiger charge is 2.14. The molecule has 0 aliphatic heterocycles. The number of carbonyl (C=O) groups is 1. The van der Waals surface area contributed by atoms with Crippen LogP contribution in [0.25, 0.3) is 0 Å². The molecule has 0 fully saturated rings. The number of aromatic nitrogens is 3. The maximum Gasteiger partial charge on any atom is 0.234 e. The normalized spacial score (nSPS) is 10.8. The minimum absolute atomic E-state index is 0.0624. The second-order valence-corrected chi connectivity index (χ2v) is 9.10. The van der Waals surface area contributed by atoms with Gasteiger partial charge in [-0.2, -0.15) is 0 Å². The first-order valence-electron chi connectivity index (χ1n) is 11.8. The Balaban J connectivity index is 1.49. The number of ether oxygens (including phenoxy) is 1. The van der Waals surface area contributed by atoms with Crippen LogP contribution in [0.1, 0.15) is 43.1 Å². The van der Waals surface area contributed by atoms with E-state index in [2.05, 4.69) is 41.1 Å². The highest BCUT2D eigenvalue weighted by molar-refractivity contribution is 7.99. The minimum Gasteiger partial charge on any atom is -0.493 e. The van der Waals surface area contributed by atoms with E-state index in [9.17, 15) is 4.79 Å². The number of nitrogens with one attached hydrogen (secondary N) is 1. The topological polar surface area (TPSA) is 69.0 Å². The van der Waals surface area contributed by atoms with Crippen LogP contribution in [0.15, 0.2) is 66.3 Å². The van der Waals surface area contributed by atoms with Gasteiger partial charge >= 0.3 is 0 Å². The number of allylic oxidation sites excluding steroid dienone is 1. The van der Waals surface area contributed by atoms with Crippen molar-refractivity contribution in [3.63, 3.8) is 0 Å². The summed E-state index contributed by atoms with van der Waals surface area (Å²) in [6.45, 7) is 9.28. The molecule has 0 saturated carbocycles. The molecule has 0 unspecified atom stereocenters. The second-order valence-electron chi connectivity index (χ2n) is 8.15. The molecule has 1 N–H and O–H groups in total. The van der Waals surface area contributed by atoms with Crippen LogP contribution in [0.3, 0.4) is 0 Å². The van der Waals surface area contributed by atoms with Gasteiger partial charge in [-0.3, -0.25) is 4.79 Å². The van der Waals surface area contributed by atoms with Crippen LogP contribution in [0.5, 0.6) is 5.75 Å². The Hall–Kier alpha value is -3.06. The Kier molecular flexibility index (Phi) is 10.2. The van der Waals surface area contributed by atoms with Crippen LogP contribution in [0.2, 0.25) is 0 Å². The predicted molar refractivity (Wildman–Crippen MR) is 140 cm³/mol. The van der Waals surface area contributed by atoms with Gasteiger partial charge in [-0.05, 0) is 55.5 Å². The summed E-state index contributed by atoms with van der Waals surface area (Å²) in [7, 11) is 0. The fourth-order valence-electron chi connectivity index (χ4n) is 3.52. The van der Waals surface area contributed by atoms with Crippen molar-refractivity contribution in [2.45, 2.75) is 57.7 Å². The summed E-state index contributed by atoms with van der Waals surface area (Å²) >= 11 is 1.39. The Morgan fingerprint density at radius 2 is 1.91 bits per heavy atom. The van der Waals surface area contributed by atoms with Crippen molar-refractivity contribution in [3.8, 4) is 5.75 Å². The molecular weight excluding hydrogens is 444 g/mol. The number of rotatable bonds is 14. The molecule has 0 bridgehead atoms. The highest BCUT2D eigenvalue weighted by Crippen LogP contribution is 2.20. The lowest BCUT2D eigenvalue weighted by Crippen LogP contribution is -2.15. The van der Waals surface area contributed by atoms with Gasteiger partial charge in [-0.25, -0.2) is 0 Å². The van der Waals surface area contributed by atoms with E-state index in [1.807, 2.05) is 54.0 Å². The summed E-state index contributed by atoms with van der Waals surface area (Å²) in [5.41, 5.74) is 3.23. The van der Waals surface area contributed by atoms with Crippen LogP contribution in [-0.4, -0.2) is 33.0 Å². The maximum atomic E-state index is 12.5. The molecule has 180 valence electrons. The van der Waals surface area contributed by atoms with Gasteiger partial charge in [0.25, 0.3) is 0 Å². The molecule has 0 spiro atoms. The van der Waals surface area contributed by atoms with Crippen molar-refractivity contribution >= 4 is 23.4 Å². The number of hydrogen-bond acceptors (Lipinski definition) is 5. The standard InChI is InChI=1S/C27H34N4O2S/c1-4-6-11-22-14-16-23(17-15-22)28-26(32)20-34-27-30-29-25(31(27)18-5-2)13-9-19-33-24-12-8-7-10-21(24)3/h5,7-8,10,12,14-17H,2,4,6,9,11,13,18-20H2,1,3H3,(H,28,32). The van der Waals surface area contributed by atoms with E-state index in [4.69, 9.17) is 4.74 Å². The third-order valence-corrected chi connectivity index (χ3v) is 6.36. The molecule has 0 atom stereocenters. The van der Waals surface area contributed by atoms with Crippen molar-refractivity contribution in [3.05, 3.63) is 78.1 Å². The van der Waals surface area contributed by atoms with Gasteiger partial charge in [0.2, 0.25) is 5.91 Å². The molecule has 7 heteroatoms. The first kappa shape index (κ1) is 25.6. The van der Waals surface area contributed by atoms with Crippen LogP contribution >= 0.6 is 11.8 Å². The third-order valence-electron chi connectivity index (χ3n) is 5.39. The van der Waals surface area contributed by atoms with Gasteiger partial charge in [0, 0.05) is 18.7 Å². The van der Waals surface area contributed by atoms with Crippen molar-refractivity contribution in [1.29, 1.82) is 0 Å². The average molecular weight is 479 g/mol. The fourth-order valence-corrected chi connectivity index (χ4v) is 4.28. The van der Waals surface area contributed by atoms with Gasteiger partial charge in [0.05, 0.1) is 12.4 Å². The zero-order valence-electron chi connectivity index (χ0n) is 20.1. The van der Waals surface area contributed by atoms with Gasteiger partial charge in [0.1, 0.15) is 11.6 Å². The summed E-state index contributed by atoms with van der Waals surface area (Å²) in [5.74, 6) is 1.99. The molecule has 34 heavy (non-hydrogen) atoms. The van der Waals surface area contributed by atoms with Gasteiger partial charge in [-0.1, -0.05) is 61.5 Å². The summed E-state index contributed by atoms with van der Waals surface area (Å²) in [6, 6.07) is 16.1. The average Bonchev–Trinajstić information content (AvgIpc) is 3.22. The number of benzene rings is 2. The molecule has 0 saturated heterocycles. The SMILES string of the molecule is C=CCn1c(CCCOc2ccccc2C)nnc1SCC(=O)Nc1ccc(CCCC)cc1. The Labute approximate surface area is 206 Å². The molecule has 6 nitrogen and oxygen atoms in total. The van der Waals surface area contributed by atoms with Crippen molar-refractivity contribution in [1.82, 2.24) is 14.8 Å². The molecule has 3 aromatic rings. The van der Waals surface area contributed by atoms with E-state index in [0.717, 1.165) is 47.2 Å². The zero-order chi connectivity index (χ0) is 24.2. The smallest absolute Gasteiger partial charge is 0.234 e. The number of unbranched alkanes of at least 4 members (excludes halogenated alkanes) is 1. The molecule has 0 radical (unpaired) electrons. The molecule has 1 amide bonds. The van der Waals surface area contributed by atoms with Gasteiger partial charge < -0.3 is 14.6 Å². The lowest BCUT2D eigenvalue weighted by molar-refractivity contribution is -0.113. The monoisotopic (exact) mass is 478 g/mol. The third kappa shape index (κ3) is 7.76. The number of thioether (sulfide) groups is 1. The zero-order valence-corrected chi connectivity index (χ0v) is 20.9. The van der Waals surface area contributed by atoms with E-state index in [-0.39, 0.29) is 11.7 Å². The summed E-state index contributed by atoms with van der Waals surface area (Å²) in [5, 5.41) is 12.3. The van der Waals surface area contributed by atoms with E-state index in [1.165, 1.54) is 30.2 Å². The van der Waals surface area contributed by atoms with E-state index in [1.54, 1.807) is 0 Å². The Morgan fingerprint density at radius 3 is 2.65 bits per heavy atom. The molecule has 0 aliphatic carbocycles. The number of amides is 1. The number of aryl methyl sites for hydroxylation is 3. The van der Waals surface area contributed by atoms with Gasteiger partial charge in [-0.15, -0.1) is 16.8 Å². The second kappa shape index (κ2) is 13.6. The van der Waals surface area contributed by atoms with Crippen molar-refractivity contribution in [2.75, 3.05) is 17.7 Å². The predicted octanol–water partition coefficient (Wildman–Crippen LogP) is 5.86. The molecule has 2 aromatic carbocycles. The van der Waals surface area contributed by atoms with Crippen LogP contribution in [-0.2, 0) is 24.2 Å². The van der Waals surface area contributed by atoms with Crippen molar-refractivity contribution < 1.29 is 9.53 Å².